The second kappa shape index (κ2) is 5.75. The number of nitrogens with zero attached hydrogens (tertiary/aromatic N) is 1. The monoisotopic (exact) mass is 260 g/mol. The van der Waals surface area contributed by atoms with Gasteiger partial charge in [-0.3, -0.25) is 4.79 Å². The molecule has 1 rings (SSSR count). The van der Waals surface area contributed by atoms with Crippen molar-refractivity contribution in [2.45, 2.75) is 20.0 Å². The van der Waals surface area contributed by atoms with Crippen LogP contribution in [-0.2, 0) is 4.79 Å². The van der Waals surface area contributed by atoms with Crippen molar-refractivity contribution < 1.29 is 18.0 Å². The largest absolute Gasteiger partial charge is 0.471 e. The third kappa shape index (κ3) is 3.65. The van der Waals surface area contributed by atoms with Gasteiger partial charge in [0.2, 0.25) is 0 Å². The maximum atomic E-state index is 12.1. The summed E-state index contributed by atoms with van der Waals surface area (Å²) in [4.78, 5) is 12.8. The molecule has 0 aliphatic rings. The van der Waals surface area contributed by atoms with Gasteiger partial charge >= 0.3 is 12.1 Å². The van der Waals surface area contributed by atoms with Crippen molar-refractivity contribution in [3.05, 3.63) is 24.3 Å². The van der Waals surface area contributed by atoms with Crippen molar-refractivity contribution in [2.24, 2.45) is 0 Å². The predicted octanol–water partition coefficient (Wildman–Crippen LogP) is 3.03. The summed E-state index contributed by atoms with van der Waals surface area (Å²) in [7, 11) is 0. The first-order valence-electron chi connectivity index (χ1n) is 5.61. The number of rotatable bonds is 4. The van der Waals surface area contributed by atoms with Crippen LogP contribution in [0.1, 0.15) is 13.8 Å². The lowest BCUT2D eigenvalue weighted by molar-refractivity contribution is -0.167. The third-order valence-electron chi connectivity index (χ3n) is 2.49. The van der Waals surface area contributed by atoms with Gasteiger partial charge in [-0.2, -0.15) is 13.2 Å². The molecule has 1 aromatic carbocycles. The first-order valence-corrected chi connectivity index (χ1v) is 5.61. The summed E-state index contributed by atoms with van der Waals surface area (Å²) in [5.41, 5.74) is 0.918. The molecule has 18 heavy (non-hydrogen) atoms. The molecule has 0 saturated carbocycles. The number of hydrogen-bond donors (Lipinski definition) is 1. The van der Waals surface area contributed by atoms with Crippen LogP contribution in [0.15, 0.2) is 24.3 Å². The number of carbonyl (C=O) groups is 1. The zero-order valence-electron chi connectivity index (χ0n) is 10.2. The fourth-order valence-electron chi connectivity index (χ4n) is 1.57. The quantitative estimate of drug-likeness (QED) is 0.902. The number of alkyl halides is 3. The zero-order chi connectivity index (χ0) is 13.8. The van der Waals surface area contributed by atoms with Crippen molar-refractivity contribution in [3.63, 3.8) is 0 Å². The van der Waals surface area contributed by atoms with Gasteiger partial charge in [0.15, 0.2) is 0 Å². The van der Waals surface area contributed by atoms with Gasteiger partial charge < -0.3 is 10.2 Å². The smallest absolute Gasteiger partial charge is 0.372 e. The lowest BCUT2D eigenvalue weighted by Gasteiger charge is -2.21. The number of hydrogen-bond acceptors (Lipinski definition) is 2. The molecule has 0 spiro atoms. The van der Waals surface area contributed by atoms with Crippen LogP contribution in [0.2, 0.25) is 0 Å². The maximum Gasteiger partial charge on any atom is 0.471 e. The van der Waals surface area contributed by atoms with Crippen LogP contribution >= 0.6 is 0 Å². The van der Waals surface area contributed by atoms with Gasteiger partial charge in [0.1, 0.15) is 0 Å². The standard InChI is InChI=1S/C12H15F3N2O/c1-3-17(4-2)10-7-5-6-9(8-10)16-11(18)12(13,14)15/h5-8H,3-4H2,1-2H3,(H,16,18). The topological polar surface area (TPSA) is 32.3 Å². The molecule has 0 aliphatic heterocycles. The molecule has 1 amide bonds. The fourth-order valence-corrected chi connectivity index (χ4v) is 1.57. The fraction of sp³-hybridized carbons (Fsp3) is 0.417. The molecule has 0 unspecified atom stereocenters. The van der Waals surface area contributed by atoms with E-state index in [9.17, 15) is 18.0 Å². The van der Waals surface area contributed by atoms with Crippen molar-refractivity contribution in [1.82, 2.24) is 0 Å². The Bertz CT molecular complexity index is 414. The number of anilines is 2. The van der Waals surface area contributed by atoms with E-state index in [0.29, 0.717) is 0 Å². The molecule has 0 saturated heterocycles. The number of carbonyl (C=O) groups excluding carboxylic acids is 1. The Labute approximate surface area is 104 Å². The molecule has 6 heteroatoms. The predicted molar refractivity (Wildman–Crippen MR) is 64.7 cm³/mol. The van der Waals surface area contributed by atoms with Crippen LogP contribution in [0.4, 0.5) is 24.5 Å². The van der Waals surface area contributed by atoms with E-state index in [1.165, 1.54) is 12.1 Å². The average molecular weight is 260 g/mol. The van der Waals surface area contributed by atoms with Crippen molar-refractivity contribution >= 4 is 17.3 Å². The summed E-state index contributed by atoms with van der Waals surface area (Å²) in [6.07, 6.45) is -4.87. The maximum absolute atomic E-state index is 12.1. The SMILES string of the molecule is CCN(CC)c1cccc(NC(=O)C(F)(F)F)c1. The summed E-state index contributed by atoms with van der Waals surface area (Å²) >= 11 is 0. The summed E-state index contributed by atoms with van der Waals surface area (Å²) in [5, 5.41) is 1.83. The van der Waals surface area contributed by atoms with Gasteiger partial charge in [0.05, 0.1) is 0 Å². The van der Waals surface area contributed by atoms with Crippen LogP contribution < -0.4 is 10.2 Å². The first kappa shape index (κ1) is 14.3. The third-order valence-corrected chi connectivity index (χ3v) is 2.49. The van der Waals surface area contributed by atoms with Crippen LogP contribution in [0.5, 0.6) is 0 Å². The molecule has 1 N–H and O–H groups in total. The van der Waals surface area contributed by atoms with Crippen molar-refractivity contribution in [2.75, 3.05) is 23.3 Å². The second-order valence-electron chi connectivity index (χ2n) is 3.67. The molecule has 1 aromatic rings. The Morgan fingerprint density at radius 1 is 1.28 bits per heavy atom. The van der Waals surface area contributed by atoms with E-state index in [4.69, 9.17) is 0 Å². The van der Waals surface area contributed by atoms with Crippen LogP contribution in [0.25, 0.3) is 0 Å². The lowest BCUT2D eigenvalue weighted by Crippen LogP contribution is -2.30. The van der Waals surface area contributed by atoms with Gasteiger partial charge in [-0.05, 0) is 32.0 Å². The summed E-state index contributed by atoms with van der Waals surface area (Å²) in [6.45, 7) is 5.38. The molecule has 0 bridgehead atoms. The molecule has 3 nitrogen and oxygen atoms in total. The zero-order valence-corrected chi connectivity index (χ0v) is 10.2. The number of amides is 1. The molecule has 0 heterocycles. The van der Waals surface area contributed by atoms with E-state index in [1.54, 1.807) is 12.1 Å². The van der Waals surface area contributed by atoms with E-state index in [1.807, 2.05) is 24.1 Å². The highest BCUT2D eigenvalue weighted by Gasteiger charge is 2.38. The Kier molecular flexibility index (Phi) is 4.58. The van der Waals surface area contributed by atoms with Gasteiger partial charge in [-0.25, -0.2) is 0 Å². The molecule has 0 aliphatic carbocycles. The van der Waals surface area contributed by atoms with Crippen molar-refractivity contribution in [1.29, 1.82) is 0 Å². The summed E-state index contributed by atoms with van der Waals surface area (Å²) in [6, 6.07) is 6.35. The Morgan fingerprint density at radius 2 is 1.89 bits per heavy atom. The minimum absolute atomic E-state index is 0.140. The lowest BCUT2D eigenvalue weighted by atomic mass is 10.2. The molecule has 0 fully saturated rings. The highest BCUT2D eigenvalue weighted by Crippen LogP contribution is 2.22. The highest BCUT2D eigenvalue weighted by atomic mass is 19.4. The van der Waals surface area contributed by atoms with Crippen LogP contribution in [0, 0.1) is 0 Å². The van der Waals surface area contributed by atoms with E-state index >= 15 is 0 Å². The Morgan fingerprint density at radius 3 is 2.39 bits per heavy atom. The first-order chi connectivity index (χ1) is 8.38. The normalized spacial score (nSPS) is 11.2. The number of benzene rings is 1. The number of nitrogens with one attached hydrogen (secondary N) is 1. The molecular formula is C12H15F3N2O. The molecule has 0 atom stereocenters. The average Bonchev–Trinajstić information content (AvgIpc) is 2.30. The molecular weight excluding hydrogens is 245 g/mol. The van der Waals surface area contributed by atoms with Crippen LogP contribution in [0.3, 0.4) is 0 Å². The molecule has 0 aromatic heterocycles. The van der Waals surface area contributed by atoms with Crippen molar-refractivity contribution in [3.8, 4) is 0 Å². The van der Waals surface area contributed by atoms with E-state index in [-0.39, 0.29) is 5.69 Å². The summed E-state index contributed by atoms with van der Waals surface area (Å²) in [5.74, 6) is -1.96. The van der Waals surface area contributed by atoms with Gasteiger partial charge in [-0.15, -0.1) is 0 Å². The number of halogens is 3. The van der Waals surface area contributed by atoms with E-state index < -0.39 is 12.1 Å². The molecule has 100 valence electrons. The van der Waals surface area contributed by atoms with E-state index in [2.05, 4.69) is 0 Å². The van der Waals surface area contributed by atoms with Gasteiger partial charge in [0, 0.05) is 24.5 Å². The van der Waals surface area contributed by atoms with E-state index in [0.717, 1.165) is 18.8 Å². The second-order valence-corrected chi connectivity index (χ2v) is 3.67. The van der Waals surface area contributed by atoms with Gasteiger partial charge in [-0.1, -0.05) is 6.07 Å². The molecule has 0 radical (unpaired) electrons. The van der Waals surface area contributed by atoms with Gasteiger partial charge in [0.25, 0.3) is 0 Å². The summed E-state index contributed by atoms with van der Waals surface area (Å²) < 4.78 is 36.3. The Hall–Kier alpha value is -1.72. The highest BCUT2D eigenvalue weighted by molar-refractivity contribution is 5.95. The Balaban J connectivity index is 2.86. The van der Waals surface area contributed by atoms with Crippen LogP contribution in [-0.4, -0.2) is 25.2 Å². The minimum Gasteiger partial charge on any atom is -0.372 e. The minimum atomic E-state index is -4.87.